The van der Waals surface area contributed by atoms with Gasteiger partial charge in [-0.2, -0.15) is 13.2 Å². The molecule has 0 radical (unpaired) electrons. The zero-order valence-electron chi connectivity index (χ0n) is 19.3. The summed E-state index contributed by atoms with van der Waals surface area (Å²) in [5.41, 5.74) is 2.41. The van der Waals surface area contributed by atoms with Gasteiger partial charge in [0.25, 0.3) is 5.91 Å². The van der Waals surface area contributed by atoms with E-state index in [0.29, 0.717) is 44.5 Å². The third-order valence-corrected chi connectivity index (χ3v) is 8.18. The second-order valence-corrected chi connectivity index (χ2v) is 10.5. The van der Waals surface area contributed by atoms with Crippen molar-refractivity contribution in [3.63, 3.8) is 0 Å². The Kier molecular flexibility index (Phi) is 8.26. The van der Waals surface area contributed by atoms with E-state index in [-0.39, 0.29) is 12.0 Å². The molecule has 6 nitrogen and oxygen atoms in total. The molecule has 0 aliphatic carbocycles. The highest BCUT2D eigenvalue weighted by molar-refractivity contribution is 7.99. The van der Waals surface area contributed by atoms with Crippen molar-refractivity contribution in [1.29, 1.82) is 0 Å². The maximum Gasteiger partial charge on any atom is 0.416 e. The van der Waals surface area contributed by atoms with Crippen molar-refractivity contribution in [2.24, 2.45) is 0 Å². The summed E-state index contributed by atoms with van der Waals surface area (Å²) in [5.74, 6) is 0.0519. The molecule has 2 heterocycles. The van der Waals surface area contributed by atoms with Crippen molar-refractivity contribution in [3.05, 3.63) is 65.7 Å². The highest BCUT2D eigenvalue weighted by Gasteiger charge is 2.44. The molecule has 2 fully saturated rings. The first-order chi connectivity index (χ1) is 16.8. The molecule has 0 aromatic heterocycles. The molecule has 2 N–H and O–H groups in total. The van der Waals surface area contributed by atoms with Crippen molar-refractivity contribution >= 4 is 17.9 Å². The molecule has 0 atom stereocenters. The first-order valence-corrected chi connectivity index (χ1v) is 12.5. The fraction of sp³-hybridized carbons (Fsp3) is 0.480. The average Bonchev–Trinajstić information content (AvgIpc) is 2.86. The number of hydroxylamine groups is 1. The SMILES string of the molecule is O=C(NO)C1(SN2CCC(Oc3ccc(C(F)(F)F)cc3)CC2)CCN(Cc2ccccc2)CC1. The van der Waals surface area contributed by atoms with Crippen LogP contribution in [-0.4, -0.2) is 57.3 Å². The summed E-state index contributed by atoms with van der Waals surface area (Å²) in [6.07, 6.45) is -1.82. The van der Waals surface area contributed by atoms with Gasteiger partial charge in [0.1, 0.15) is 16.6 Å². The number of nitrogens with one attached hydrogen (secondary N) is 1. The molecular weight excluding hydrogens is 479 g/mol. The smallest absolute Gasteiger partial charge is 0.416 e. The Morgan fingerprint density at radius 3 is 2.23 bits per heavy atom. The van der Waals surface area contributed by atoms with Gasteiger partial charge in [0.2, 0.25) is 0 Å². The van der Waals surface area contributed by atoms with Crippen molar-refractivity contribution in [1.82, 2.24) is 14.7 Å². The second-order valence-electron chi connectivity index (χ2n) is 9.06. The molecule has 2 aliphatic heterocycles. The molecule has 190 valence electrons. The number of hydrogen-bond acceptors (Lipinski definition) is 6. The number of alkyl halides is 3. The summed E-state index contributed by atoms with van der Waals surface area (Å²) in [7, 11) is 0. The topological polar surface area (TPSA) is 65.0 Å². The number of benzene rings is 2. The molecule has 2 aromatic rings. The van der Waals surface area contributed by atoms with Crippen LogP contribution >= 0.6 is 11.9 Å². The molecule has 10 heteroatoms. The van der Waals surface area contributed by atoms with E-state index in [2.05, 4.69) is 21.3 Å². The zero-order chi connectivity index (χ0) is 24.9. The number of rotatable bonds is 7. The Morgan fingerprint density at radius 2 is 1.66 bits per heavy atom. The van der Waals surface area contributed by atoms with E-state index < -0.39 is 16.5 Å². The lowest BCUT2D eigenvalue weighted by atomic mass is 9.94. The first kappa shape index (κ1) is 25.8. The number of carbonyl (C=O) groups is 1. The van der Waals surface area contributed by atoms with Crippen LogP contribution in [-0.2, 0) is 17.5 Å². The number of carbonyl (C=O) groups excluding carboxylic acids is 1. The van der Waals surface area contributed by atoms with Crippen LogP contribution in [0.3, 0.4) is 0 Å². The average molecular weight is 510 g/mol. The number of piperidine rings is 2. The maximum absolute atomic E-state index is 12.8. The number of amides is 1. The summed E-state index contributed by atoms with van der Waals surface area (Å²) in [6, 6.07) is 15.0. The van der Waals surface area contributed by atoms with Crippen LogP contribution in [0.2, 0.25) is 0 Å². The molecule has 2 aromatic carbocycles. The molecule has 1 amide bonds. The summed E-state index contributed by atoms with van der Waals surface area (Å²) in [5, 5.41) is 9.42. The van der Waals surface area contributed by atoms with Crippen molar-refractivity contribution in [3.8, 4) is 5.75 Å². The number of nitrogens with zero attached hydrogens (tertiary/aromatic N) is 2. The standard InChI is InChI=1S/C25H30F3N3O3S/c26-25(27,28)20-6-8-21(9-7-20)34-22-10-14-31(15-11-22)35-24(23(32)29-33)12-16-30(17-13-24)18-19-4-2-1-3-5-19/h1-9,22,33H,10-18H2,(H,29,32). The van der Waals surface area contributed by atoms with E-state index in [1.165, 1.54) is 29.6 Å². The van der Waals surface area contributed by atoms with Crippen molar-refractivity contribution in [2.45, 2.75) is 49.3 Å². The maximum atomic E-state index is 12.8. The quantitative estimate of drug-likeness (QED) is 0.320. The van der Waals surface area contributed by atoms with Crippen LogP contribution in [0.4, 0.5) is 13.2 Å². The lowest BCUT2D eigenvalue weighted by Crippen LogP contribution is -2.53. The third kappa shape index (κ3) is 6.69. The zero-order valence-corrected chi connectivity index (χ0v) is 20.2. The largest absolute Gasteiger partial charge is 0.490 e. The van der Waals surface area contributed by atoms with Crippen molar-refractivity contribution < 1.29 is 27.9 Å². The highest BCUT2D eigenvalue weighted by atomic mass is 32.2. The minimum Gasteiger partial charge on any atom is -0.490 e. The Morgan fingerprint density at radius 1 is 1.03 bits per heavy atom. The lowest BCUT2D eigenvalue weighted by Gasteiger charge is -2.43. The van der Waals surface area contributed by atoms with Crippen LogP contribution in [0.15, 0.2) is 54.6 Å². The number of likely N-dealkylation sites (tertiary alicyclic amines) is 1. The van der Waals surface area contributed by atoms with Gasteiger partial charge in [-0.3, -0.25) is 14.9 Å². The molecular formula is C25H30F3N3O3S. The Balaban J connectivity index is 1.28. The molecule has 2 aliphatic rings. The molecule has 4 rings (SSSR count). The molecule has 0 bridgehead atoms. The Bertz CT molecular complexity index is 959. The van der Waals surface area contributed by atoms with E-state index in [1.807, 2.05) is 23.7 Å². The summed E-state index contributed by atoms with van der Waals surface area (Å²) in [6.45, 7) is 3.70. The van der Waals surface area contributed by atoms with Crippen LogP contribution in [0.1, 0.15) is 36.8 Å². The summed E-state index contributed by atoms with van der Waals surface area (Å²) < 4.78 is 45.6. The van der Waals surface area contributed by atoms with Gasteiger partial charge in [-0.15, -0.1) is 0 Å². The minimum absolute atomic E-state index is 0.0982. The van der Waals surface area contributed by atoms with Gasteiger partial charge in [0, 0.05) is 32.7 Å². The second kappa shape index (κ2) is 11.2. The lowest BCUT2D eigenvalue weighted by molar-refractivity contribution is -0.137. The number of ether oxygens (including phenoxy) is 1. The molecule has 0 saturated carbocycles. The molecule has 0 spiro atoms. The third-order valence-electron chi connectivity index (χ3n) is 6.62. The predicted molar refractivity (Wildman–Crippen MR) is 128 cm³/mol. The van der Waals surface area contributed by atoms with Crippen LogP contribution in [0, 0.1) is 0 Å². The van der Waals surface area contributed by atoms with Gasteiger partial charge in [0.05, 0.1) is 5.56 Å². The summed E-state index contributed by atoms with van der Waals surface area (Å²) in [4.78, 5) is 15.0. The molecule has 35 heavy (non-hydrogen) atoms. The van der Waals surface area contributed by atoms with Gasteiger partial charge in [-0.05, 0) is 55.5 Å². The number of hydrogen-bond donors (Lipinski definition) is 2. The van der Waals surface area contributed by atoms with Crippen LogP contribution in [0.5, 0.6) is 5.75 Å². The van der Waals surface area contributed by atoms with Gasteiger partial charge in [-0.25, -0.2) is 9.79 Å². The van der Waals surface area contributed by atoms with Gasteiger partial charge in [0.15, 0.2) is 0 Å². The first-order valence-electron chi connectivity index (χ1n) is 11.8. The highest BCUT2D eigenvalue weighted by Crippen LogP contribution is 2.40. The van der Waals surface area contributed by atoms with Gasteiger partial charge >= 0.3 is 6.18 Å². The molecule has 2 saturated heterocycles. The normalized spacial score (nSPS) is 19.9. The van der Waals surface area contributed by atoms with E-state index in [0.717, 1.165) is 31.8 Å². The monoisotopic (exact) mass is 509 g/mol. The van der Waals surface area contributed by atoms with E-state index in [4.69, 9.17) is 4.74 Å². The molecule has 0 unspecified atom stereocenters. The van der Waals surface area contributed by atoms with E-state index in [1.54, 1.807) is 0 Å². The van der Waals surface area contributed by atoms with Crippen LogP contribution in [0.25, 0.3) is 0 Å². The van der Waals surface area contributed by atoms with Gasteiger partial charge in [-0.1, -0.05) is 42.3 Å². The Labute approximate surface area is 207 Å². The predicted octanol–water partition coefficient (Wildman–Crippen LogP) is 4.74. The van der Waals surface area contributed by atoms with Crippen molar-refractivity contribution in [2.75, 3.05) is 26.2 Å². The summed E-state index contributed by atoms with van der Waals surface area (Å²) >= 11 is 1.50. The van der Waals surface area contributed by atoms with E-state index >= 15 is 0 Å². The fourth-order valence-corrected chi connectivity index (χ4v) is 5.96. The Hall–Kier alpha value is -2.27. The van der Waals surface area contributed by atoms with E-state index in [9.17, 15) is 23.2 Å². The number of halogens is 3. The minimum atomic E-state index is -4.37. The fourth-order valence-electron chi connectivity index (χ4n) is 4.58. The van der Waals surface area contributed by atoms with Gasteiger partial charge < -0.3 is 4.74 Å². The van der Waals surface area contributed by atoms with Crippen LogP contribution < -0.4 is 10.2 Å².